The van der Waals surface area contributed by atoms with E-state index < -0.39 is 15.0 Å². The Morgan fingerprint density at radius 3 is 1.76 bits per heavy atom. The van der Waals surface area contributed by atoms with E-state index in [2.05, 4.69) is 6.92 Å². The Balaban J connectivity index is 2.11. The van der Waals surface area contributed by atoms with E-state index in [4.69, 9.17) is 4.55 Å². The summed E-state index contributed by atoms with van der Waals surface area (Å²) in [4.78, 5) is -0.399. The fourth-order valence-electron chi connectivity index (χ4n) is 3.13. The summed E-state index contributed by atoms with van der Waals surface area (Å²) in [5.41, 5.74) is 0.585. The van der Waals surface area contributed by atoms with Crippen molar-refractivity contribution in [3.8, 4) is 5.75 Å². The maximum atomic E-state index is 11.2. The molecule has 1 rings (SSSR count). The Kier molecular flexibility index (Phi) is 10.8. The Morgan fingerprint density at radius 2 is 1.28 bits per heavy atom. The van der Waals surface area contributed by atoms with Gasteiger partial charge in [0, 0.05) is 0 Å². The van der Waals surface area contributed by atoms with Crippen molar-refractivity contribution in [1.29, 1.82) is 0 Å². The van der Waals surface area contributed by atoms with E-state index >= 15 is 0 Å². The topological polar surface area (TPSA) is 74.6 Å². The van der Waals surface area contributed by atoms with Crippen LogP contribution < -0.4 is 0 Å². The number of aryl methyl sites for hydroxylation is 1. The molecule has 0 aliphatic carbocycles. The third kappa shape index (κ3) is 9.26. The predicted octanol–water partition coefficient (Wildman–Crippen LogP) is 5.88. The molecule has 0 aromatic heterocycles. The Hall–Kier alpha value is -1.07. The van der Waals surface area contributed by atoms with Crippen LogP contribution in [0.3, 0.4) is 0 Å². The highest BCUT2D eigenvalue weighted by Crippen LogP contribution is 2.28. The third-order valence-corrected chi connectivity index (χ3v) is 5.55. The number of rotatable bonds is 14. The standard InChI is InChI=1S/C20H34O4S/c1-2-3-4-5-6-7-8-9-10-11-12-13-15-18-16-14-17-19(20(18)21)25(22,23)24/h14,16-17,21H,2-13,15H2,1H3,(H,22,23,24). The summed E-state index contributed by atoms with van der Waals surface area (Å²) in [7, 11) is -4.36. The smallest absolute Gasteiger partial charge is 0.298 e. The average Bonchev–Trinajstić information content (AvgIpc) is 2.56. The van der Waals surface area contributed by atoms with Crippen LogP contribution in [-0.4, -0.2) is 18.1 Å². The van der Waals surface area contributed by atoms with Crippen LogP contribution in [0.2, 0.25) is 0 Å². The van der Waals surface area contributed by atoms with Crippen LogP contribution >= 0.6 is 0 Å². The van der Waals surface area contributed by atoms with Crippen molar-refractivity contribution in [3.05, 3.63) is 23.8 Å². The largest absolute Gasteiger partial charge is 0.506 e. The lowest BCUT2D eigenvalue weighted by atomic mass is 10.0. The fourth-order valence-corrected chi connectivity index (χ4v) is 3.76. The van der Waals surface area contributed by atoms with Crippen molar-refractivity contribution in [2.24, 2.45) is 0 Å². The maximum absolute atomic E-state index is 11.2. The van der Waals surface area contributed by atoms with Gasteiger partial charge in [-0.25, -0.2) is 0 Å². The first kappa shape index (κ1) is 22.0. The second kappa shape index (κ2) is 12.3. The number of unbranched alkanes of at least 4 members (excludes halogenated alkanes) is 11. The molecule has 1 aromatic carbocycles. The monoisotopic (exact) mass is 370 g/mol. The van der Waals surface area contributed by atoms with E-state index in [1.807, 2.05) is 0 Å². The van der Waals surface area contributed by atoms with E-state index in [1.165, 1.54) is 70.3 Å². The summed E-state index contributed by atoms with van der Waals surface area (Å²) in [6, 6.07) is 4.48. The second-order valence-corrected chi connectivity index (χ2v) is 8.27. The van der Waals surface area contributed by atoms with Gasteiger partial charge in [-0.15, -0.1) is 0 Å². The summed E-state index contributed by atoms with van der Waals surface area (Å²) in [5, 5.41) is 9.96. The average molecular weight is 371 g/mol. The molecule has 0 fully saturated rings. The molecule has 0 unspecified atom stereocenters. The van der Waals surface area contributed by atoms with Gasteiger partial charge in [-0.3, -0.25) is 4.55 Å². The molecule has 0 radical (unpaired) electrons. The van der Waals surface area contributed by atoms with Gasteiger partial charge >= 0.3 is 0 Å². The summed E-state index contributed by atoms with van der Waals surface area (Å²) < 4.78 is 31.4. The van der Waals surface area contributed by atoms with E-state index in [9.17, 15) is 13.5 Å². The molecule has 0 saturated heterocycles. The minimum atomic E-state index is -4.36. The number of aromatic hydroxyl groups is 1. The lowest BCUT2D eigenvalue weighted by Crippen LogP contribution is -2.00. The number of phenols is 1. The fraction of sp³-hybridized carbons (Fsp3) is 0.700. The molecule has 0 aliphatic heterocycles. The summed E-state index contributed by atoms with van der Waals surface area (Å²) >= 11 is 0. The Morgan fingerprint density at radius 1 is 0.800 bits per heavy atom. The van der Waals surface area contributed by atoms with Crippen LogP contribution in [0.1, 0.15) is 89.5 Å². The van der Waals surface area contributed by atoms with E-state index in [1.54, 1.807) is 12.1 Å². The number of para-hydroxylation sites is 1. The quantitative estimate of drug-likeness (QED) is 0.317. The van der Waals surface area contributed by atoms with E-state index in [-0.39, 0.29) is 5.75 Å². The van der Waals surface area contributed by atoms with Crippen molar-refractivity contribution in [3.63, 3.8) is 0 Å². The molecular formula is C20H34O4S. The zero-order valence-corrected chi connectivity index (χ0v) is 16.4. The Labute approximate surface area is 153 Å². The first-order valence-corrected chi connectivity index (χ1v) is 11.2. The molecule has 0 saturated carbocycles. The molecule has 1 aromatic rings. The molecule has 0 spiro atoms. The highest BCUT2D eigenvalue weighted by Gasteiger charge is 2.17. The van der Waals surface area contributed by atoms with Gasteiger partial charge in [-0.2, -0.15) is 8.42 Å². The van der Waals surface area contributed by atoms with Gasteiger partial charge in [-0.1, -0.05) is 89.7 Å². The van der Waals surface area contributed by atoms with Crippen LogP contribution in [0.4, 0.5) is 0 Å². The molecule has 4 nitrogen and oxygen atoms in total. The molecule has 2 N–H and O–H groups in total. The molecule has 25 heavy (non-hydrogen) atoms. The lowest BCUT2D eigenvalue weighted by Gasteiger charge is -2.08. The summed E-state index contributed by atoms with van der Waals surface area (Å²) in [5.74, 6) is -0.312. The normalized spacial score (nSPS) is 11.8. The minimum absolute atomic E-state index is 0.312. The van der Waals surface area contributed by atoms with Crippen molar-refractivity contribution in [1.82, 2.24) is 0 Å². The second-order valence-electron chi connectivity index (χ2n) is 6.88. The van der Waals surface area contributed by atoms with Crippen LogP contribution in [-0.2, 0) is 16.5 Å². The van der Waals surface area contributed by atoms with Crippen molar-refractivity contribution in [2.45, 2.75) is 95.3 Å². The van der Waals surface area contributed by atoms with Crippen molar-refractivity contribution >= 4 is 10.1 Å². The summed E-state index contributed by atoms with van der Waals surface area (Å²) in [6.45, 7) is 2.24. The minimum Gasteiger partial charge on any atom is -0.506 e. The maximum Gasteiger partial charge on any atom is 0.298 e. The molecule has 0 heterocycles. The predicted molar refractivity (Wildman–Crippen MR) is 103 cm³/mol. The summed E-state index contributed by atoms with van der Waals surface area (Å²) in [6.07, 6.45) is 15.8. The number of benzene rings is 1. The molecule has 0 aliphatic rings. The third-order valence-electron chi connectivity index (χ3n) is 4.66. The van der Waals surface area contributed by atoms with Gasteiger partial charge < -0.3 is 5.11 Å². The van der Waals surface area contributed by atoms with E-state index in [0.29, 0.717) is 12.0 Å². The molecule has 0 atom stereocenters. The highest BCUT2D eigenvalue weighted by molar-refractivity contribution is 7.86. The van der Waals surface area contributed by atoms with Gasteiger partial charge in [0.1, 0.15) is 10.6 Å². The number of hydrogen-bond acceptors (Lipinski definition) is 3. The molecular weight excluding hydrogens is 336 g/mol. The number of hydrogen-bond donors (Lipinski definition) is 2. The first-order chi connectivity index (χ1) is 12.0. The zero-order valence-electron chi connectivity index (χ0n) is 15.5. The van der Waals surface area contributed by atoms with Gasteiger partial charge in [0.05, 0.1) is 0 Å². The van der Waals surface area contributed by atoms with Crippen LogP contribution in [0.25, 0.3) is 0 Å². The van der Waals surface area contributed by atoms with Crippen molar-refractivity contribution in [2.75, 3.05) is 0 Å². The zero-order chi connectivity index (χ0) is 18.5. The molecule has 0 amide bonds. The Bertz CT molecular complexity index is 581. The van der Waals surface area contributed by atoms with E-state index in [0.717, 1.165) is 12.8 Å². The van der Waals surface area contributed by atoms with Gasteiger partial charge in [0.25, 0.3) is 10.1 Å². The molecule has 144 valence electrons. The van der Waals surface area contributed by atoms with Gasteiger partial charge in [-0.05, 0) is 24.5 Å². The van der Waals surface area contributed by atoms with Crippen LogP contribution in [0.15, 0.2) is 23.1 Å². The van der Waals surface area contributed by atoms with Crippen LogP contribution in [0, 0.1) is 0 Å². The highest BCUT2D eigenvalue weighted by atomic mass is 32.2. The van der Waals surface area contributed by atoms with Gasteiger partial charge in [0.15, 0.2) is 0 Å². The SMILES string of the molecule is CCCCCCCCCCCCCCc1cccc(S(=O)(=O)O)c1O. The van der Waals surface area contributed by atoms with Crippen LogP contribution in [0.5, 0.6) is 5.75 Å². The van der Waals surface area contributed by atoms with Crippen molar-refractivity contribution < 1.29 is 18.1 Å². The lowest BCUT2D eigenvalue weighted by molar-refractivity contribution is 0.436. The molecule has 0 bridgehead atoms. The first-order valence-electron chi connectivity index (χ1n) is 9.75. The molecule has 5 heteroatoms. The van der Waals surface area contributed by atoms with Gasteiger partial charge in [0.2, 0.25) is 0 Å². The number of phenolic OH excluding ortho intramolecular Hbond substituents is 1.